The van der Waals surface area contributed by atoms with Gasteiger partial charge in [-0.15, -0.1) is 0 Å². The van der Waals surface area contributed by atoms with Gasteiger partial charge >= 0.3 is 0 Å². The number of unbranched alkanes of at least 4 members (excludes halogenated alkanes) is 1. The Morgan fingerprint density at radius 1 is 1.29 bits per heavy atom. The molecule has 0 bridgehead atoms. The summed E-state index contributed by atoms with van der Waals surface area (Å²) in [6.07, 6.45) is 11.3. The lowest BCUT2D eigenvalue weighted by atomic mass is 9.89. The van der Waals surface area contributed by atoms with Gasteiger partial charge in [0.2, 0.25) is 0 Å². The van der Waals surface area contributed by atoms with E-state index in [1.807, 2.05) is 0 Å². The van der Waals surface area contributed by atoms with Crippen molar-refractivity contribution in [1.82, 2.24) is 5.32 Å². The standard InChI is InChI=1S/C13H27N/c1-3-5-8-12(4-2)11-13-9-6-7-10-14-13/h12-14H,3-11H2,1-2H3. The molecule has 0 amide bonds. The third kappa shape index (κ3) is 4.45. The Labute approximate surface area is 89.7 Å². The first-order valence-electron chi connectivity index (χ1n) is 6.60. The zero-order valence-electron chi connectivity index (χ0n) is 10.0. The molecule has 0 aromatic heterocycles. The van der Waals surface area contributed by atoms with E-state index in [0.717, 1.165) is 12.0 Å². The quantitative estimate of drug-likeness (QED) is 0.684. The first-order valence-corrected chi connectivity index (χ1v) is 6.60. The predicted molar refractivity (Wildman–Crippen MR) is 63.6 cm³/mol. The molecular weight excluding hydrogens is 170 g/mol. The highest BCUT2D eigenvalue weighted by molar-refractivity contribution is 4.75. The second-order valence-electron chi connectivity index (χ2n) is 4.80. The summed E-state index contributed by atoms with van der Waals surface area (Å²) in [5.41, 5.74) is 0. The van der Waals surface area contributed by atoms with Crippen molar-refractivity contribution in [2.24, 2.45) is 5.92 Å². The molecule has 0 aromatic rings. The number of hydrogen-bond acceptors (Lipinski definition) is 1. The summed E-state index contributed by atoms with van der Waals surface area (Å²) in [7, 11) is 0. The molecule has 1 fully saturated rings. The molecule has 1 aliphatic rings. The molecule has 1 N–H and O–H groups in total. The third-order valence-corrected chi connectivity index (χ3v) is 3.57. The lowest BCUT2D eigenvalue weighted by Gasteiger charge is -2.27. The van der Waals surface area contributed by atoms with E-state index >= 15 is 0 Å². The summed E-state index contributed by atoms with van der Waals surface area (Å²) >= 11 is 0. The van der Waals surface area contributed by atoms with Gasteiger partial charge in [-0.1, -0.05) is 46.0 Å². The fourth-order valence-electron chi connectivity index (χ4n) is 2.51. The molecule has 0 aromatic carbocycles. The monoisotopic (exact) mass is 197 g/mol. The van der Waals surface area contributed by atoms with Crippen LogP contribution in [0.1, 0.15) is 65.2 Å². The van der Waals surface area contributed by atoms with E-state index in [2.05, 4.69) is 19.2 Å². The van der Waals surface area contributed by atoms with Crippen LogP contribution in [-0.2, 0) is 0 Å². The van der Waals surface area contributed by atoms with Gasteiger partial charge in [-0.05, 0) is 31.7 Å². The van der Waals surface area contributed by atoms with Crippen LogP contribution in [0.5, 0.6) is 0 Å². The summed E-state index contributed by atoms with van der Waals surface area (Å²) in [5.74, 6) is 0.977. The molecular formula is C13H27N. The second kappa shape index (κ2) is 7.28. The first-order chi connectivity index (χ1) is 6.86. The zero-order chi connectivity index (χ0) is 10.2. The molecule has 1 heterocycles. The highest BCUT2D eigenvalue weighted by atomic mass is 14.9. The first kappa shape index (κ1) is 12.0. The SMILES string of the molecule is CCCCC(CC)CC1CCCCN1. The van der Waals surface area contributed by atoms with Crippen LogP contribution in [0.2, 0.25) is 0 Å². The van der Waals surface area contributed by atoms with E-state index in [0.29, 0.717) is 0 Å². The van der Waals surface area contributed by atoms with Gasteiger partial charge in [0.05, 0.1) is 0 Å². The second-order valence-corrected chi connectivity index (χ2v) is 4.80. The number of nitrogens with one attached hydrogen (secondary N) is 1. The summed E-state index contributed by atoms with van der Waals surface area (Å²) in [5, 5.41) is 3.66. The Balaban J connectivity index is 2.16. The maximum atomic E-state index is 3.66. The number of rotatable bonds is 6. The molecule has 0 spiro atoms. The van der Waals surface area contributed by atoms with Gasteiger partial charge < -0.3 is 5.32 Å². The van der Waals surface area contributed by atoms with Crippen LogP contribution < -0.4 is 5.32 Å². The molecule has 1 rings (SSSR count). The molecule has 1 heteroatoms. The normalized spacial score (nSPS) is 24.9. The van der Waals surface area contributed by atoms with Crippen LogP contribution in [0, 0.1) is 5.92 Å². The average molecular weight is 197 g/mol. The van der Waals surface area contributed by atoms with Crippen molar-refractivity contribution in [2.45, 2.75) is 71.3 Å². The summed E-state index contributed by atoms with van der Waals surface area (Å²) in [4.78, 5) is 0. The van der Waals surface area contributed by atoms with E-state index in [-0.39, 0.29) is 0 Å². The zero-order valence-corrected chi connectivity index (χ0v) is 10.0. The van der Waals surface area contributed by atoms with Crippen LogP contribution in [0.3, 0.4) is 0 Å². The molecule has 84 valence electrons. The Morgan fingerprint density at radius 2 is 2.14 bits per heavy atom. The Morgan fingerprint density at radius 3 is 2.71 bits per heavy atom. The van der Waals surface area contributed by atoms with Crippen LogP contribution in [0.15, 0.2) is 0 Å². The lowest BCUT2D eigenvalue weighted by Crippen LogP contribution is -2.35. The number of hydrogen-bond donors (Lipinski definition) is 1. The summed E-state index contributed by atoms with van der Waals surface area (Å²) < 4.78 is 0. The van der Waals surface area contributed by atoms with Gasteiger partial charge in [-0.3, -0.25) is 0 Å². The lowest BCUT2D eigenvalue weighted by molar-refractivity contribution is 0.307. The van der Waals surface area contributed by atoms with Crippen LogP contribution in [0.4, 0.5) is 0 Å². The maximum absolute atomic E-state index is 3.66. The van der Waals surface area contributed by atoms with Crippen molar-refractivity contribution in [3.8, 4) is 0 Å². The summed E-state index contributed by atoms with van der Waals surface area (Å²) in [6.45, 7) is 5.91. The van der Waals surface area contributed by atoms with E-state index in [1.54, 1.807) is 0 Å². The van der Waals surface area contributed by atoms with Crippen molar-refractivity contribution in [3.05, 3.63) is 0 Å². The van der Waals surface area contributed by atoms with Gasteiger partial charge in [-0.25, -0.2) is 0 Å². The fourth-order valence-corrected chi connectivity index (χ4v) is 2.51. The van der Waals surface area contributed by atoms with Crippen LogP contribution >= 0.6 is 0 Å². The van der Waals surface area contributed by atoms with E-state index in [9.17, 15) is 0 Å². The highest BCUT2D eigenvalue weighted by Gasteiger charge is 2.16. The summed E-state index contributed by atoms with van der Waals surface area (Å²) in [6, 6.07) is 0.838. The highest BCUT2D eigenvalue weighted by Crippen LogP contribution is 2.22. The minimum Gasteiger partial charge on any atom is -0.314 e. The van der Waals surface area contributed by atoms with Crippen LogP contribution in [0.25, 0.3) is 0 Å². The molecule has 2 atom stereocenters. The molecule has 0 aliphatic carbocycles. The van der Waals surface area contributed by atoms with Crippen molar-refractivity contribution in [1.29, 1.82) is 0 Å². The average Bonchev–Trinajstić information content (AvgIpc) is 2.25. The van der Waals surface area contributed by atoms with Gasteiger partial charge in [0.25, 0.3) is 0 Å². The fraction of sp³-hybridized carbons (Fsp3) is 1.00. The van der Waals surface area contributed by atoms with Gasteiger partial charge in [0.15, 0.2) is 0 Å². The molecule has 0 saturated carbocycles. The topological polar surface area (TPSA) is 12.0 Å². The third-order valence-electron chi connectivity index (χ3n) is 3.57. The van der Waals surface area contributed by atoms with Gasteiger partial charge in [0.1, 0.15) is 0 Å². The Hall–Kier alpha value is -0.0400. The largest absolute Gasteiger partial charge is 0.314 e. The smallest absolute Gasteiger partial charge is 0.00697 e. The maximum Gasteiger partial charge on any atom is 0.00697 e. The van der Waals surface area contributed by atoms with E-state index < -0.39 is 0 Å². The van der Waals surface area contributed by atoms with Crippen molar-refractivity contribution >= 4 is 0 Å². The molecule has 1 aliphatic heterocycles. The Bertz CT molecular complexity index is 127. The van der Waals surface area contributed by atoms with Crippen molar-refractivity contribution < 1.29 is 0 Å². The van der Waals surface area contributed by atoms with Crippen molar-refractivity contribution in [3.63, 3.8) is 0 Å². The van der Waals surface area contributed by atoms with Crippen LogP contribution in [-0.4, -0.2) is 12.6 Å². The molecule has 1 saturated heterocycles. The molecule has 0 radical (unpaired) electrons. The molecule has 14 heavy (non-hydrogen) atoms. The Kier molecular flexibility index (Phi) is 6.25. The number of piperidine rings is 1. The minimum absolute atomic E-state index is 0.838. The molecule has 2 unspecified atom stereocenters. The van der Waals surface area contributed by atoms with E-state index in [4.69, 9.17) is 0 Å². The van der Waals surface area contributed by atoms with Gasteiger partial charge in [-0.2, -0.15) is 0 Å². The van der Waals surface area contributed by atoms with Crippen molar-refractivity contribution in [2.75, 3.05) is 6.54 Å². The molecule has 1 nitrogen and oxygen atoms in total. The van der Waals surface area contributed by atoms with Gasteiger partial charge in [0, 0.05) is 6.04 Å². The predicted octanol–water partition coefficient (Wildman–Crippen LogP) is 3.74. The van der Waals surface area contributed by atoms with E-state index in [1.165, 1.54) is 57.9 Å². The minimum atomic E-state index is 0.838.